The number of sulfonamides is 1. The molecule has 2 aromatic rings. The number of ether oxygens (including phenoxy) is 2. The Labute approximate surface area is 185 Å². The van der Waals surface area contributed by atoms with Crippen molar-refractivity contribution in [3.8, 4) is 11.5 Å². The summed E-state index contributed by atoms with van der Waals surface area (Å²) in [4.78, 5) is 12.4. The average Bonchev–Trinajstić information content (AvgIpc) is 2.70. The van der Waals surface area contributed by atoms with Crippen LogP contribution < -0.4 is 14.8 Å². The normalized spacial score (nSPS) is 12.0. The number of nitrogens with one attached hydrogen (secondary N) is 1. The zero-order valence-corrected chi connectivity index (χ0v) is 19.9. The topological polar surface area (TPSA) is 84.9 Å². The van der Waals surface area contributed by atoms with Gasteiger partial charge in [0.25, 0.3) is 0 Å². The summed E-state index contributed by atoms with van der Waals surface area (Å²) in [5.74, 6) is 0.905. The Morgan fingerprint density at radius 3 is 2.26 bits per heavy atom. The molecule has 1 N–H and O–H groups in total. The summed E-state index contributed by atoms with van der Waals surface area (Å²) in [6, 6.07) is 12.3. The molecule has 170 valence electrons. The van der Waals surface area contributed by atoms with E-state index in [-0.39, 0.29) is 22.6 Å². The molecule has 0 aliphatic carbocycles. The maximum absolute atomic E-state index is 12.4. The number of carbonyl (C=O) groups excluding carboxylic acids is 1. The van der Waals surface area contributed by atoms with Crippen molar-refractivity contribution in [3.05, 3.63) is 48.0 Å². The summed E-state index contributed by atoms with van der Waals surface area (Å²) in [7, 11) is 0.750. The highest BCUT2D eigenvalue weighted by atomic mass is 32.2. The van der Waals surface area contributed by atoms with E-state index in [9.17, 15) is 13.2 Å². The lowest BCUT2D eigenvalue weighted by atomic mass is 9.87. The highest BCUT2D eigenvalue weighted by molar-refractivity contribution is 7.89. The summed E-state index contributed by atoms with van der Waals surface area (Å²) < 4.78 is 36.8. The predicted molar refractivity (Wildman–Crippen MR) is 122 cm³/mol. The summed E-state index contributed by atoms with van der Waals surface area (Å²) in [5.41, 5.74) is 1.63. The molecule has 31 heavy (non-hydrogen) atoms. The lowest BCUT2D eigenvalue weighted by Crippen LogP contribution is -2.22. The molecule has 2 rings (SSSR count). The maximum Gasteiger partial charge on any atom is 0.242 e. The van der Waals surface area contributed by atoms with E-state index in [1.807, 2.05) is 24.3 Å². The Bertz CT molecular complexity index is 994. The Morgan fingerprint density at radius 2 is 1.71 bits per heavy atom. The number of benzene rings is 2. The van der Waals surface area contributed by atoms with E-state index in [1.54, 1.807) is 0 Å². The Morgan fingerprint density at radius 1 is 1.06 bits per heavy atom. The van der Waals surface area contributed by atoms with E-state index in [1.165, 1.54) is 45.0 Å². The minimum absolute atomic E-state index is 0.0793. The number of anilines is 1. The second-order valence-electron chi connectivity index (χ2n) is 8.42. The molecule has 0 radical (unpaired) electrons. The van der Waals surface area contributed by atoms with E-state index in [2.05, 4.69) is 26.1 Å². The van der Waals surface area contributed by atoms with Gasteiger partial charge in [0.2, 0.25) is 15.9 Å². The highest BCUT2D eigenvalue weighted by Gasteiger charge is 2.20. The quantitative estimate of drug-likeness (QED) is 0.585. The first-order chi connectivity index (χ1) is 14.4. The minimum atomic E-state index is -3.62. The third kappa shape index (κ3) is 6.70. The third-order valence-electron chi connectivity index (χ3n) is 4.76. The zero-order valence-electron chi connectivity index (χ0n) is 19.1. The SMILES string of the molecule is COc1ccc(S(=O)(=O)N(C)C)cc1NC(=O)CCCOc1ccc(C(C)(C)C)cc1. The number of nitrogens with zero attached hydrogens (tertiary/aromatic N) is 1. The lowest BCUT2D eigenvalue weighted by molar-refractivity contribution is -0.116. The monoisotopic (exact) mass is 448 g/mol. The van der Waals surface area contributed by atoms with Gasteiger partial charge >= 0.3 is 0 Å². The van der Waals surface area contributed by atoms with Gasteiger partial charge < -0.3 is 14.8 Å². The summed E-state index contributed by atoms with van der Waals surface area (Å²) in [6.45, 7) is 6.86. The van der Waals surface area contributed by atoms with Crippen LogP contribution in [-0.2, 0) is 20.2 Å². The van der Waals surface area contributed by atoms with Gasteiger partial charge in [0, 0.05) is 20.5 Å². The fourth-order valence-corrected chi connectivity index (χ4v) is 3.77. The number of amides is 1. The molecule has 0 aliphatic heterocycles. The number of methoxy groups -OCH3 is 1. The summed E-state index contributed by atoms with van der Waals surface area (Å²) >= 11 is 0. The van der Waals surface area contributed by atoms with Crippen LogP contribution in [0.15, 0.2) is 47.4 Å². The molecule has 2 aromatic carbocycles. The Kier molecular flexibility index (Phi) is 8.08. The van der Waals surface area contributed by atoms with E-state index in [0.29, 0.717) is 24.5 Å². The van der Waals surface area contributed by atoms with Gasteiger partial charge in [0.1, 0.15) is 11.5 Å². The van der Waals surface area contributed by atoms with Crippen LogP contribution in [0, 0.1) is 0 Å². The second-order valence-corrected chi connectivity index (χ2v) is 10.6. The molecule has 0 atom stereocenters. The van der Waals surface area contributed by atoms with Crippen molar-refractivity contribution >= 4 is 21.6 Å². The maximum atomic E-state index is 12.4. The molecule has 8 heteroatoms. The molecule has 0 fully saturated rings. The minimum Gasteiger partial charge on any atom is -0.495 e. The van der Waals surface area contributed by atoms with Crippen LogP contribution in [0.5, 0.6) is 11.5 Å². The fraction of sp³-hybridized carbons (Fsp3) is 0.435. The van der Waals surface area contributed by atoms with Crippen molar-refractivity contribution in [2.45, 2.75) is 43.9 Å². The van der Waals surface area contributed by atoms with Crippen LogP contribution in [0.25, 0.3) is 0 Å². The number of hydrogen-bond donors (Lipinski definition) is 1. The first-order valence-corrected chi connectivity index (χ1v) is 11.5. The van der Waals surface area contributed by atoms with Crippen LogP contribution >= 0.6 is 0 Å². The van der Waals surface area contributed by atoms with Crippen molar-refractivity contribution in [1.29, 1.82) is 0 Å². The third-order valence-corrected chi connectivity index (χ3v) is 6.57. The van der Waals surface area contributed by atoms with Crippen LogP contribution in [0.1, 0.15) is 39.2 Å². The van der Waals surface area contributed by atoms with Gasteiger partial charge in [0.05, 0.1) is 24.3 Å². The standard InChI is InChI=1S/C23H32N2O5S/c1-23(2,3)17-9-11-18(12-10-17)30-15-7-8-22(26)24-20-16-19(13-14-21(20)29-6)31(27,28)25(4)5/h9-14,16H,7-8,15H2,1-6H3,(H,24,26). The van der Waals surface area contributed by atoms with Gasteiger partial charge in [-0.3, -0.25) is 4.79 Å². The van der Waals surface area contributed by atoms with Gasteiger partial charge in [-0.2, -0.15) is 0 Å². The first kappa shape index (κ1) is 24.7. The molecule has 7 nitrogen and oxygen atoms in total. The Hall–Kier alpha value is -2.58. The predicted octanol–water partition coefficient (Wildman–Crippen LogP) is 4.04. The van der Waals surface area contributed by atoms with Crippen molar-refractivity contribution in [2.24, 2.45) is 0 Å². The zero-order chi connectivity index (χ0) is 23.2. The van der Waals surface area contributed by atoms with E-state index in [0.717, 1.165) is 10.1 Å². The van der Waals surface area contributed by atoms with Gasteiger partial charge in [-0.1, -0.05) is 32.9 Å². The molecule has 0 heterocycles. The smallest absolute Gasteiger partial charge is 0.242 e. The van der Waals surface area contributed by atoms with Crippen LogP contribution in [0.3, 0.4) is 0 Å². The lowest BCUT2D eigenvalue weighted by Gasteiger charge is -2.19. The van der Waals surface area contributed by atoms with E-state index in [4.69, 9.17) is 9.47 Å². The molecule has 1 amide bonds. The molecule has 0 bridgehead atoms. The van der Waals surface area contributed by atoms with Crippen molar-refractivity contribution < 1.29 is 22.7 Å². The van der Waals surface area contributed by atoms with Crippen LogP contribution in [-0.4, -0.2) is 46.4 Å². The van der Waals surface area contributed by atoms with E-state index >= 15 is 0 Å². The first-order valence-electron chi connectivity index (χ1n) is 10.1. The largest absolute Gasteiger partial charge is 0.495 e. The second kappa shape index (κ2) is 10.2. The van der Waals surface area contributed by atoms with Crippen LogP contribution in [0.4, 0.5) is 5.69 Å². The van der Waals surface area contributed by atoms with Gasteiger partial charge in [-0.15, -0.1) is 0 Å². The van der Waals surface area contributed by atoms with Crippen molar-refractivity contribution in [1.82, 2.24) is 4.31 Å². The van der Waals surface area contributed by atoms with Crippen molar-refractivity contribution in [2.75, 3.05) is 33.1 Å². The molecule has 0 saturated heterocycles. The summed E-state index contributed by atoms with van der Waals surface area (Å²) in [5, 5.41) is 2.73. The number of carbonyl (C=O) groups is 1. The molecular formula is C23H32N2O5S. The molecule has 0 unspecified atom stereocenters. The van der Waals surface area contributed by atoms with Crippen LogP contribution in [0.2, 0.25) is 0 Å². The molecule has 0 aromatic heterocycles. The van der Waals surface area contributed by atoms with Gasteiger partial charge in [-0.05, 0) is 47.7 Å². The molecule has 0 aliphatic rings. The molecule has 0 spiro atoms. The number of hydrogen-bond acceptors (Lipinski definition) is 5. The van der Waals surface area contributed by atoms with Gasteiger partial charge in [0.15, 0.2) is 0 Å². The fourth-order valence-electron chi connectivity index (χ4n) is 2.84. The molecule has 0 saturated carbocycles. The average molecular weight is 449 g/mol. The Balaban J connectivity index is 1.92. The molecular weight excluding hydrogens is 416 g/mol. The van der Waals surface area contributed by atoms with Gasteiger partial charge in [-0.25, -0.2) is 12.7 Å². The number of rotatable bonds is 9. The van der Waals surface area contributed by atoms with E-state index < -0.39 is 10.0 Å². The van der Waals surface area contributed by atoms with Crippen molar-refractivity contribution in [3.63, 3.8) is 0 Å². The summed E-state index contributed by atoms with van der Waals surface area (Å²) in [6.07, 6.45) is 0.749. The highest BCUT2D eigenvalue weighted by Crippen LogP contribution is 2.29.